The van der Waals surface area contributed by atoms with E-state index in [-0.39, 0.29) is 54.2 Å². The Bertz CT molecular complexity index is 1190. The molecule has 9 heteroatoms. The molecule has 1 amide bonds. The number of nitrogens with one attached hydrogen (secondary N) is 1. The van der Waals surface area contributed by atoms with Crippen molar-refractivity contribution in [3.05, 3.63) is 65.6 Å². The van der Waals surface area contributed by atoms with Gasteiger partial charge in [0.05, 0.1) is 23.1 Å². The van der Waals surface area contributed by atoms with Gasteiger partial charge in [-0.2, -0.15) is 0 Å². The van der Waals surface area contributed by atoms with Crippen LogP contribution >= 0.6 is 0 Å². The molecule has 3 aromatic rings. The Morgan fingerprint density at radius 3 is 2.39 bits per heavy atom. The van der Waals surface area contributed by atoms with Gasteiger partial charge in [0.1, 0.15) is 11.6 Å². The van der Waals surface area contributed by atoms with Crippen molar-refractivity contribution in [1.82, 2.24) is 14.8 Å². The quantitative estimate of drug-likeness (QED) is 0.282. The Labute approximate surface area is 175 Å². The summed E-state index contributed by atoms with van der Waals surface area (Å²) in [7, 11) is 0. The summed E-state index contributed by atoms with van der Waals surface area (Å²) in [5.74, 6) is -1.87. The summed E-state index contributed by atoms with van der Waals surface area (Å²) >= 11 is 0. The SMILES string of the molecule is O=C/C(=C(\C=O)N1CCN(C(=O)C(=O)c2c[nH]c3cccc(F)c23)CC1)c1ccco1. The van der Waals surface area contributed by atoms with Crippen LogP contribution in [-0.4, -0.2) is 65.2 Å². The first-order valence-electron chi connectivity index (χ1n) is 9.57. The van der Waals surface area contributed by atoms with E-state index in [1.807, 2.05) is 0 Å². The highest BCUT2D eigenvalue weighted by Gasteiger charge is 2.30. The van der Waals surface area contributed by atoms with E-state index < -0.39 is 17.5 Å². The lowest BCUT2D eigenvalue weighted by atomic mass is 10.1. The van der Waals surface area contributed by atoms with Crippen molar-refractivity contribution < 1.29 is 28.0 Å². The maximum absolute atomic E-state index is 14.2. The number of fused-ring (bicyclic) bond motifs is 1. The van der Waals surface area contributed by atoms with Crippen LogP contribution < -0.4 is 0 Å². The van der Waals surface area contributed by atoms with Crippen LogP contribution in [0, 0.1) is 5.82 Å². The van der Waals surface area contributed by atoms with Gasteiger partial charge in [-0.05, 0) is 24.3 Å². The van der Waals surface area contributed by atoms with E-state index in [9.17, 15) is 23.6 Å². The van der Waals surface area contributed by atoms with Crippen molar-refractivity contribution in [2.45, 2.75) is 0 Å². The van der Waals surface area contributed by atoms with Gasteiger partial charge in [0.15, 0.2) is 12.6 Å². The molecule has 31 heavy (non-hydrogen) atoms. The van der Waals surface area contributed by atoms with Gasteiger partial charge in [-0.15, -0.1) is 0 Å². The molecule has 0 saturated carbocycles. The number of allylic oxidation sites excluding steroid dienone is 2. The lowest BCUT2D eigenvalue weighted by Crippen LogP contribution is -2.50. The van der Waals surface area contributed by atoms with Crippen LogP contribution in [0.2, 0.25) is 0 Å². The molecule has 3 heterocycles. The first-order valence-corrected chi connectivity index (χ1v) is 9.57. The fourth-order valence-corrected chi connectivity index (χ4v) is 3.71. The highest BCUT2D eigenvalue weighted by molar-refractivity contribution is 6.44. The van der Waals surface area contributed by atoms with Crippen LogP contribution in [0.3, 0.4) is 0 Å². The lowest BCUT2D eigenvalue weighted by molar-refractivity contribution is -0.127. The van der Waals surface area contributed by atoms with Crippen LogP contribution in [0.25, 0.3) is 16.5 Å². The zero-order valence-electron chi connectivity index (χ0n) is 16.3. The lowest BCUT2D eigenvalue weighted by Gasteiger charge is -2.36. The van der Waals surface area contributed by atoms with E-state index in [0.29, 0.717) is 18.1 Å². The van der Waals surface area contributed by atoms with Gasteiger partial charge in [-0.3, -0.25) is 19.2 Å². The molecule has 1 N–H and O–H groups in total. The van der Waals surface area contributed by atoms with Crippen molar-refractivity contribution in [2.75, 3.05) is 26.2 Å². The minimum Gasteiger partial charge on any atom is -0.464 e. The molecule has 0 bridgehead atoms. The normalized spacial score (nSPS) is 15.0. The number of ketones is 1. The monoisotopic (exact) mass is 423 g/mol. The van der Waals surface area contributed by atoms with Crippen LogP contribution in [0.5, 0.6) is 0 Å². The number of carbonyl (C=O) groups excluding carboxylic acids is 4. The third-order valence-corrected chi connectivity index (χ3v) is 5.29. The zero-order chi connectivity index (χ0) is 22.0. The van der Waals surface area contributed by atoms with E-state index in [1.54, 1.807) is 23.1 Å². The van der Waals surface area contributed by atoms with Gasteiger partial charge in [0, 0.05) is 43.3 Å². The van der Waals surface area contributed by atoms with Gasteiger partial charge in [-0.1, -0.05) is 6.07 Å². The summed E-state index contributed by atoms with van der Waals surface area (Å²) < 4.78 is 19.4. The highest BCUT2D eigenvalue weighted by atomic mass is 19.1. The van der Waals surface area contributed by atoms with Crippen LogP contribution in [-0.2, 0) is 14.4 Å². The molecule has 0 radical (unpaired) electrons. The maximum Gasteiger partial charge on any atom is 0.295 e. The molecule has 1 aromatic carbocycles. The number of Topliss-reactive ketones (excluding diaryl/α,β-unsaturated/α-hetero) is 1. The van der Waals surface area contributed by atoms with Crippen LogP contribution in [0.15, 0.2) is 52.9 Å². The second-order valence-electron chi connectivity index (χ2n) is 6.99. The summed E-state index contributed by atoms with van der Waals surface area (Å²) in [5.41, 5.74) is 0.684. The van der Waals surface area contributed by atoms with Gasteiger partial charge in [0.2, 0.25) is 0 Å². The fraction of sp³-hybridized carbons (Fsp3) is 0.182. The van der Waals surface area contributed by atoms with Gasteiger partial charge in [-0.25, -0.2) is 4.39 Å². The number of aldehydes is 2. The molecule has 158 valence electrons. The molecular weight excluding hydrogens is 405 g/mol. The molecule has 1 saturated heterocycles. The Morgan fingerprint density at radius 1 is 1.00 bits per heavy atom. The number of nitrogens with zero attached hydrogens (tertiary/aromatic N) is 2. The topological polar surface area (TPSA) is 104 Å². The van der Waals surface area contributed by atoms with Gasteiger partial charge in [0.25, 0.3) is 11.7 Å². The average molecular weight is 423 g/mol. The highest BCUT2D eigenvalue weighted by Crippen LogP contribution is 2.24. The minimum atomic E-state index is -0.805. The molecule has 4 rings (SSSR count). The Kier molecular flexibility index (Phi) is 5.48. The van der Waals surface area contributed by atoms with Gasteiger partial charge < -0.3 is 19.2 Å². The summed E-state index contributed by atoms with van der Waals surface area (Å²) in [6.07, 6.45) is 3.85. The van der Waals surface area contributed by atoms with E-state index in [1.165, 1.54) is 29.5 Å². The number of hydrogen-bond acceptors (Lipinski definition) is 6. The number of amides is 1. The number of halogens is 1. The molecule has 8 nitrogen and oxygen atoms in total. The molecule has 0 aliphatic carbocycles. The standard InChI is InChI=1S/C22H18FN3O5/c23-16-3-1-4-17-20(16)14(11-24-17)21(29)22(30)26-8-6-25(7-9-26)18(13-28)15(12-27)19-5-2-10-31-19/h1-5,10-13,24H,6-9H2/b18-15-. The van der Waals surface area contributed by atoms with Crippen molar-refractivity contribution >= 4 is 40.7 Å². The Hall–Kier alpha value is -4.01. The predicted molar refractivity (Wildman–Crippen MR) is 108 cm³/mol. The molecule has 1 aliphatic rings. The maximum atomic E-state index is 14.2. The summed E-state index contributed by atoms with van der Waals surface area (Å²) in [6.45, 7) is 0.814. The summed E-state index contributed by atoms with van der Waals surface area (Å²) in [6, 6.07) is 7.55. The average Bonchev–Trinajstić information content (AvgIpc) is 3.47. The number of aromatic nitrogens is 1. The zero-order valence-corrected chi connectivity index (χ0v) is 16.3. The van der Waals surface area contributed by atoms with Crippen LogP contribution in [0.1, 0.15) is 16.1 Å². The van der Waals surface area contributed by atoms with Crippen molar-refractivity contribution in [2.24, 2.45) is 0 Å². The van der Waals surface area contributed by atoms with Crippen LogP contribution in [0.4, 0.5) is 4.39 Å². The second-order valence-corrected chi connectivity index (χ2v) is 6.99. The smallest absolute Gasteiger partial charge is 0.295 e. The molecular formula is C22H18FN3O5. The summed E-state index contributed by atoms with van der Waals surface area (Å²) in [5, 5.41) is 0.0831. The van der Waals surface area contributed by atoms with Gasteiger partial charge >= 0.3 is 0 Å². The molecule has 0 atom stereocenters. The van der Waals surface area contributed by atoms with Crippen molar-refractivity contribution in [3.8, 4) is 0 Å². The predicted octanol–water partition coefficient (Wildman–Crippen LogP) is 2.04. The number of rotatable bonds is 6. The molecule has 2 aromatic heterocycles. The number of furan rings is 1. The Balaban J connectivity index is 1.50. The third-order valence-electron chi connectivity index (χ3n) is 5.29. The molecule has 0 spiro atoms. The van der Waals surface area contributed by atoms with E-state index in [2.05, 4.69) is 4.98 Å². The fourth-order valence-electron chi connectivity index (χ4n) is 3.71. The third kappa shape index (κ3) is 3.65. The second kappa shape index (κ2) is 8.39. The first-order chi connectivity index (χ1) is 15.0. The largest absolute Gasteiger partial charge is 0.464 e. The van der Waals surface area contributed by atoms with E-state index in [4.69, 9.17) is 4.42 Å². The van der Waals surface area contributed by atoms with E-state index in [0.717, 1.165) is 0 Å². The van der Waals surface area contributed by atoms with Crippen molar-refractivity contribution in [3.63, 3.8) is 0 Å². The molecule has 0 unspecified atom stereocenters. The first kappa shape index (κ1) is 20.3. The van der Waals surface area contributed by atoms with Crippen molar-refractivity contribution in [1.29, 1.82) is 0 Å². The number of carbonyl (C=O) groups is 4. The van der Waals surface area contributed by atoms with E-state index >= 15 is 0 Å². The number of piperazine rings is 1. The number of aromatic amines is 1. The Morgan fingerprint density at radius 2 is 1.74 bits per heavy atom. The number of hydrogen-bond donors (Lipinski definition) is 1. The number of H-pyrrole nitrogens is 1. The summed E-state index contributed by atoms with van der Waals surface area (Å²) in [4.78, 5) is 54.5. The molecule has 1 aliphatic heterocycles. The molecule has 1 fully saturated rings. The number of benzene rings is 1. The minimum absolute atomic E-state index is 0.0185.